The maximum atomic E-state index is 14.3. The molecule has 3 saturated heterocycles. The number of nitrogens with zero attached hydrogens (tertiary/aromatic N) is 4. The summed E-state index contributed by atoms with van der Waals surface area (Å²) in [6, 6.07) is -0.318. The number of carbonyl (C=O) groups is 2. The minimum atomic E-state index is -2.01. The molecule has 4 N–H and O–H groups in total. The highest BCUT2D eigenvalue weighted by atomic mass is 16.7. The van der Waals surface area contributed by atoms with Gasteiger partial charge < -0.3 is 58.5 Å². The van der Waals surface area contributed by atoms with Gasteiger partial charge in [0.15, 0.2) is 12.6 Å². The van der Waals surface area contributed by atoms with E-state index in [0.717, 1.165) is 0 Å². The Morgan fingerprint density at radius 3 is 2.11 bits per heavy atom. The third-order valence-electron chi connectivity index (χ3n) is 13.1. The third kappa shape index (κ3) is 9.72. The summed E-state index contributed by atoms with van der Waals surface area (Å²) in [5, 5.41) is 50.2. The van der Waals surface area contributed by atoms with E-state index in [1.165, 1.54) is 28.1 Å². The molecule has 18 atom stereocenters. The number of methoxy groups -OCH3 is 2. The van der Waals surface area contributed by atoms with Crippen molar-refractivity contribution in [3.05, 3.63) is 10.4 Å². The van der Waals surface area contributed by atoms with E-state index in [1.54, 1.807) is 48.5 Å². The van der Waals surface area contributed by atoms with Gasteiger partial charge in [0, 0.05) is 49.3 Å². The van der Waals surface area contributed by atoms with Crippen molar-refractivity contribution in [3.63, 3.8) is 0 Å². The van der Waals surface area contributed by atoms with Gasteiger partial charge >= 0.3 is 5.97 Å². The van der Waals surface area contributed by atoms with Crippen LogP contribution in [0.2, 0.25) is 0 Å². The van der Waals surface area contributed by atoms with Gasteiger partial charge in [0.2, 0.25) is 0 Å². The molecule has 3 aliphatic rings. The zero-order chi connectivity index (χ0) is 42.7. The van der Waals surface area contributed by atoms with Crippen molar-refractivity contribution >= 4 is 11.8 Å². The van der Waals surface area contributed by atoms with Gasteiger partial charge in [0.05, 0.1) is 48.6 Å². The smallest absolute Gasteiger partial charge is 0.311 e. The van der Waals surface area contributed by atoms with E-state index in [2.05, 4.69) is 10.0 Å². The second kappa shape index (κ2) is 18.9. The van der Waals surface area contributed by atoms with Crippen LogP contribution in [-0.2, 0) is 42.7 Å². The summed E-state index contributed by atoms with van der Waals surface area (Å²) >= 11 is 0. The number of cyclic esters (lactones) is 1. The summed E-state index contributed by atoms with van der Waals surface area (Å²) in [4.78, 5) is 33.1. The van der Waals surface area contributed by atoms with Crippen LogP contribution in [0.25, 0.3) is 10.4 Å². The third-order valence-corrected chi connectivity index (χ3v) is 13.1. The molecule has 56 heavy (non-hydrogen) atoms. The number of likely N-dealkylation sites (N-methyl/N-ethyl adjacent to an activating group) is 1. The van der Waals surface area contributed by atoms with Crippen molar-refractivity contribution in [2.75, 3.05) is 34.9 Å². The molecule has 0 aliphatic carbocycles. The molecule has 17 unspecified atom stereocenters. The second-order valence-corrected chi connectivity index (χ2v) is 17.4. The van der Waals surface area contributed by atoms with Crippen molar-refractivity contribution in [1.82, 2.24) is 4.90 Å². The van der Waals surface area contributed by atoms with E-state index < -0.39 is 101 Å². The molecule has 0 bridgehead atoms. The van der Waals surface area contributed by atoms with Gasteiger partial charge in [0.25, 0.3) is 0 Å². The van der Waals surface area contributed by atoms with Gasteiger partial charge in [-0.2, -0.15) is 0 Å². The lowest BCUT2D eigenvalue weighted by Crippen LogP contribution is -2.68. The molecule has 0 spiro atoms. The quantitative estimate of drug-likeness (QED) is 0.108. The molecule has 0 aromatic rings. The minimum absolute atomic E-state index is 0.0578. The zero-order valence-corrected chi connectivity index (χ0v) is 35.9. The van der Waals surface area contributed by atoms with Crippen LogP contribution in [0, 0.1) is 23.7 Å². The molecule has 3 rings (SSSR count). The molecule has 0 aromatic heterocycles. The Balaban J connectivity index is 2.25. The SMILES string of the molecule is CC[C@H]1OC(=O)C(C)C(OC2CC(C)(OC)C(O)(CN=[N+]=[N-])C(C)O2)C(C)C(OC2OC(C)CC(N(C)C)C2O)C(C)(OC)CC(C)C(=O)C(C)C(O)C1(C)O. The standard InChI is InChI=1S/C39H70N4O13/c1-15-27-38(10,48)32(46)22(4)29(44)20(2)17-36(8,50-13)33(56-35-30(45)26(43(11)12)16-21(3)52-35)23(5)31(24(6)34(47)54-27)55-28-18-37(9,51-14)39(49,19-41-42-40)25(7)53-28/h20-28,30-33,35,45-46,48-49H,15-19H2,1-14H3/t20?,21?,22?,23?,24?,25?,26?,27-,28?,30?,31?,32?,33?,35?,36?,37?,38?,39?/m1/s1. The monoisotopic (exact) mass is 802 g/mol. The Hall–Kier alpha value is -1.99. The van der Waals surface area contributed by atoms with E-state index in [9.17, 15) is 30.0 Å². The predicted octanol–water partition coefficient (Wildman–Crippen LogP) is 3.12. The number of hydrogen-bond donors (Lipinski definition) is 4. The van der Waals surface area contributed by atoms with Gasteiger partial charge in [-0.3, -0.25) is 9.59 Å². The fraction of sp³-hybridized carbons (Fsp3) is 0.949. The largest absolute Gasteiger partial charge is 0.459 e. The first kappa shape index (κ1) is 48.4. The van der Waals surface area contributed by atoms with Crippen molar-refractivity contribution in [3.8, 4) is 0 Å². The van der Waals surface area contributed by atoms with E-state index in [4.69, 9.17) is 38.7 Å². The fourth-order valence-corrected chi connectivity index (χ4v) is 9.08. The Morgan fingerprint density at radius 1 is 0.946 bits per heavy atom. The fourth-order valence-electron chi connectivity index (χ4n) is 9.08. The lowest BCUT2D eigenvalue weighted by Gasteiger charge is -2.53. The molecular formula is C39H70N4O13. The highest BCUT2D eigenvalue weighted by Crippen LogP contribution is 2.44. The Bertz CT molecular complexity index is 1380. The molecule has 3 heterocycles. The van der Waals surface area contributed by atoms with Crippen LogP contribution in [0.3, 0.4) is 0 Å². The second-order valence-electron chi connectivity index (χ2n) is 17.4. The Kier molecular flexibility index (Phi) is 16.4. The van der Waals surface area contributed by atoms with Crippen LogP contribution in [0.1, 0.15) is 94.9 Å². The lowest BCUT2D eigenvalue weighted by atomic mass is 9.73. The number of carbonyl (C=O) groups excluding carboxylic acids is 2. The van der Waals surface area contributed by atoms with Crippen molar-refractivity contribution in [2.45, 2.75) is 179 Å². The normalized spacial score (nSPS) is 47.5. The molecule has 17 nitrogen and oxygen atoms in total. The summed E-state index contributed by atoms with van der Waals surface area (Å²) in [5.41, 5.74) is 2.65. The molecule has 0 aromatic carbocycles. The van der Waals surface area contributed by atoms with Gasteiger partial charge in [0.1, 0.15) is 34.8 Å². The highest BCUT2D eigenvalue weighted by Gasteiger charge is 2.58. The van der Waals surface area contributed by atoms with E-state index in [0.29, 0.717) is 6.42 Å². The number of aliphatic hydroxyl groups excluding tert-OH is 2. The van der Waals surface area contributed by atoms with Crippen molar-refractivity contribution < 1.29 is 63.2 Å². The molecular weight excluding hydrogens is 732 g/mol. The average Bonchev–Trinajstić information content (AvgIpc) is 3.14. The van der Waals surface area contributed by atoms with Gasteiger partial charge in [-0.15, -0.1) is 0 Å². The van der Waals surface area contributed by atoms with E-state index in [1.807, 2.05) is 25.9 Å². The maximum absolute atomic E-state index is 14.3. The van der Waals surface area contributed by atoms with Crippen LogP contribution in [0.15, 0.2) is 5.11 Å². The number of esters is 1. The Morgan fingerprint density at radius 2 is 1.57 bits per heavy atom. The highest BCUT2D eigenvalue weighted by molar-refractivity contribution is 5.83. The first-order valence-corrected chi connectivity index (χ1v) is 19.8. The number of hydrogen-bond acceptors (Lipinski definition) is 15. The summed E-state index contributed by atoms with van der Waals surface area (Å²) in [5.74, 6) is -4.77. The van der Waals surface area contributed by atoms with Crippen LogP contribution in [-0.4, -0.2) is 156 Å². The van der Waals surface area contributed by atoms with Crippen LogP contribution in [0.5, 0.6) is 0 Å². The number of rotatable bonds is 10. The average molecular weight is 803 g/mol. The summed E-state index contributed by atoms with van der Waals surface area (Å²) < 4.78 is 44.2. The molecule has 3 aliphatic heterocycles. The topological polar surface area (TPSA) is 232 Å². The number of Topliss-reactive ketones (excluding diaryl/α,β-unsaturated/α-hetero) is 1. The summed E-state index contributed by atoms with van der Waals surface area (Å²) in [6.45, 7) is 16.3. The number of ketones is 1. The lowest BCUT2D eigenvalue weighted by molar-refractivity contribution is -0.336. The van der Waals surface area contributed by atoms with E-state index >= 15 is 0 Å². The first-order valence-electron chi connectivity index (χ1n) is 19.8. The molecule has 0 radical (unpaired) electrons. The van der Waals surface area contributed by atoms with Crippen molar-refractivity contribution in [1.29, 1.82) is 0 Å². The van der Waals surface area contributed by atoms with Crippen LogP contribution < -0.4 is 0 Å². The zero-order valence-electron chi connectivity index (χ0n) is 35.9. The van der Waals surface area contributed by atoms with Crippen LogP contribution in [0.4, 0.5) is 0 Å². The van der Waals surface area contributed by atoms with Gasteiger partial charge in [-0.05, 0) is 80.4 Å². The van der Waals surface area contributed by atoms with Crippen molar-refractivity contribution in [2.24, 2.45) is 28.8 Å². The summed E-state index contributed by atoms with van der Waals surface area (Å²) in [7, 11) is 6.62. The number of ether oxygens (including phenoxy) is 7. The molecule has 3 fully saturated rings. The minimum Gasteiger partial charge on any atom is -0.459 e. The molecule has 324 valence electrons. The molecule has 0 amide bonds. The predicted molar refractivity (Wildman–Crippen MR) is 204 cm³/mol. The molecule has 17 heteroatoms. The van der Waals surface area contributed by atoms with Gasteiger partial charge in [-0.25, -0.2) is 0 Å². The van der Waals surface area contributed by atoms with Crippen LogP contribution >= 0.6 is 0 Å². The molecule has 0 saturated carbocycles. The first-order chi connectivity index (χ1) is 25.9. The Labute approximate surface area is 332 Å². The number of aliphatic hydroxyl groups is 4. The van der Waals surface area contributed by atoms with E-state index in [-0.39, 0.29) is 43.7 Å². The maximum Gasteiger partial charge on any atom is 0.311 e. The summed E-state index contributed by atoms with van der Waals surface area (Å²) in [6.07, 6.45) is -8.88. The van der Waals surface area contributed by atoms with Gasteiger partial charge in [-0.1, -0.05) is 32.8 Å². The number of azide groups is 1.